The standard InChI is InChI=1S/C4H7OS/c5-6-3-1-2-4-6/h1H,2-4H2/t6-/m1/s1. The van der Waals surface area contributed by atoms with E-state index < -0.39 is 11.2 Å². The van der Waals surface area contributed by atoms with Crippen molar-refractivity contribution in [3.05, 3.63) is 6.42 Å². The summed E-state index contributed by atoms with van der Waals surface area (Å²) in [5, 5.41) is 0. The zero-order valence-corrected chi connectivity index (χ0v) is 4.33. The third-order valence-electron chi connectivity index (χ3n) is 0.853. The zero-order chi connectivity index (χ0) is 4.41. The van der Waals surface area contributed by atoms with Gasteiger partial charge in [0, 0.05) is 6.42 Å². The quantitative estimate of drug-likeness (QED) is 0.405. The second kappa shape index (κ2) is 1.85. The van der Waals surface area contributed by atoms with Crippen molar-refractivity contribution in [2.24, 2.45) is 0 Å². The predicted octanol–water partition coefficient (Wildman–Crippen LogP) is 0.343. The molecule has 1 heterocycles. The molecule has 2 heteroatoms. The van der Waals surface area contributed by atoms with Crippen molar-refractivity contribution in [2.75, 3.05) is 11.5 Å². The maximum atomic E-state index is 10.3. The lowest BCUT2D eigenvalue weighted by Gasteiger charge is -1.96. The van der Waals surface area contributed by atoms with Gasteiger partial charge in [-0.3, -0.25) is 0 Å². The minimum absolute atomic E-state index is 0.478. The highest BCUT2D eigenvalue weighted by molar-refractivity contribution is 7.91. The highest BCUT2D eigenvalue weighted by atomic mass is 32.2. The third kappa shape index (κ3) is 0.884. The SMILES string of the molecule is [O-][S@+]1C[CH]CC1. The molecule has 0 unspecified atom stereocenters. The topological polar surface area (TPSA) is 23.1 Å². The Morgan fingerprint density at radius 2 is 2.50 bits per heavy atom. The maximum absolute atomic E-state index is 10.3. The van der Waals surface area contributed by atoms with Crippen molar-refractivity contribution in [1.29, 1.82) is 0 Å². The van der Waals surface area contributed by atoms with E-state index in [0.717, 1.165) is 17.9 Å². The molecule has 0 aromatic rings. The zero-order valence-electron chi connectivity index (χ0n) is 3.52. The average molecular weight is 103 g/mol. The molecule has 0 N–H and O–H groups in total. The Balaban J connectivity index is 2.18. The fourth-order valence-electron chi connectivity index (χ4n) is 0.513. The first kappa shape index (κ1) is 4.47. The summed E-state index contributed by atoms with van der Waals surface area (Å²) in [5.41, 5.74) is 0. The van der Waals surface area contributed by atoms with Crippen LogP contribution in [-0.2, 0) is 11.2 Å². The van der Waals surface area contributed by atoms with Gasteiger partial charge in [-0.15, -0.1) is 0 Å². The summed E-state index contributed by atoms with van der Waals surface area (Å²) in [6.45, 7) is 0. The lowest BCUT2D eigenvalue weighted by Crippen LogP contribution is -1.98. The van der Waals surface area contributed by atoms with Gasteiger partial charge in [0.15, 0.2) is 0 Å². The number of rotatable bonds is 0. The molecule has 0 aliphatic carbocycles. The molecule has 0 aromatic heterocycles. The van der Waals surface area contributed by atoms with Crippen LogP contribution in [0.25, 0.3) is 0 Å². The molecule has 0 bridgehead atoms. The molecule has 6 heavy (non-hydrogen) atoms. The van der Waals surface area contributed by atoms with E-state index in [2.05, 4.69) is 6.42 Å². The summed E-state index contributed by atoms with van der Waals surface area (Å²) < 4.78 is 10.3. The number of hydrogen-bond acceptors (Lipinski definition) is 1. The lowest BCUT2D eigenvalue weighted by atomic mass is 10.4. The molecule has 35 valence electrons. The minimum atomic E-state index is -0.478. The molecule has 0 saturated carbocycles. The van der Waals surface area contributed by atoms with Gasteiger partial charge in [-0.2, -0.15) is 0 Å². The van der Waals surface area contributed by atoms with E-state index in [1.807, 2.05) is 0 Å². The van der Waals surface area contributed by atoms with E-state index in [1.165, 1.54) is 0 Å². The Bertz CT molecular complexity index is 40.8. The highest BCUT2D eigenvalue weighted by Gasteiger charge is 2.12. The van der Waals surface area contributed by atoms with Crippen molar-refractivity contribution < 1.29 is 4.55 Å². The summed E-state index contributed by atoms with van der Waals surface area (Å²) in [6.07, 6.45) is 3.14. The van der Waals surface area contributed by atoms with E-state index in [-0.39, 0.29) is 0 Å². The molecular weight excluding hydrogens is 96.1 g/mol. The van der Waals surface area contributed by atoms with Crippen molar-refractivity contribution >= 4 is 11.2 Å². The van der Waals surface area contributed by atoms with E-state index >= 15 is 0 Å². The monoisotopic (exact) mass is 103 g/mol. The first-order chi connectivity index (χ1) is 2.89. The summed E-state index contributed by atoms with van der Waals surface area (Å²) in [6, 6.07) is 0. The van der Waals surface area contributed by atoms with Crippen LogP contribution in [0.1, 0.15) is 6.42 Å². The van der Waals surface area contributed by atoms with Crippen LogP contribution in [0.2, 0.25) is 0 Å². The molecule has 1 aliphatic rings. The first-order valence-corrected chi connectivity index (χ1v) is 3.55. The molecule has 1 atom stereocenters. The van der Waals surface area contributed by atoms with Gasteiger partial charge in [-0.05, 0) is 6.42 Å². The van der Waals surface area contributed by atoms with Crippen LogP contribution in [0.5, 0.6) is 0 Å². The molecule has 0 spiro atoms. The Morgan fingerprint density at radius 1 is 1.67 bits per heavy atom. The number of hydrogen-bond donors (Lipinski definition) is 0. The van der Waals surface area contributed by atoms with Crippen LogP contribution in [0.4, 0.5) is 0 Å². The van der Waals surface area contributed by atoms with Crippen molar-refractivity contribution in [1.82, 2.24) is 0 Å². The fourth-order valence-corrected chi connectivity index (χ4v) is 1.54. The second-order valence-corrected chi connectivity index (χ2v) is 3.01. The van der Waals surface area contributed by atoms with Crippen LogP contribution in [0, 0.1) is 6.42 Å². The first-order valence-electron chi connectivity index (χ1n) is 2.06. The van der Waals surface area contributed by atoms with Crippen molar-refractivity contribution in [3.63, 3.8) is 0 Å². The summed E-state index contributed by atoms with van der Waals surface area (Å²) in [4.78, 5) is 0. The Hall–Kier alpha value is 0.310. The lowest BCUT2D eigenvalue weighted by molar-refractivity contribution is 0.601. The Kier molecular flexibility index (Phi) is 1.37. The predicted molar refractivity (Wildman–Crippen MR) is 26.8 cm³/mol. The van der Waals surface area contributed by atoms with E-state index in [9.17, 15) is 4.55 Å². The molecule has 1 nitrogen and oxygen atoms in total. The molecule has 1 aliphatic heterocycles. The van der Waals surface area contributed by atoms with Gasteiger partial charge < -0.3 is 4.55 Å². The average Bonchev–Trinajstić information content (AvgIpc) is 1.86. The molecule has 1 radical (unpaired) electrons. The summed E-state index contributed by atoms with van der Waals surface area (Å²) in [5.74, 6) is 1.74. The fraction of sp³-hybridized carbons (Fsp3) is 0.750. The summed E-state index contributed by atoms with van der Waals surface area (Å²) >= 11 is -0.478. The van der Waals surface area contributed by atoms with Crippen LogP contribution in [-0.4, -0.2) is 16.1 Å². The van der Waals surface area contributed by atoms with Crippen molar-refractivity contribution in [2.45, 2.75) is 6.42 Å². The van der Waals surface area contributed by atoms with Gasteiger partial charge in [0.2, 0.25) is 0 Å². The van der Waals surface area contributed by atoms with Crippen LogP contribution < -0.4 is 0 Å². The van der Waals surface area contributed by atoms with Crippen LogP contribution >= 0.6 is 0 Å². The minimum Gasteiger partial charge on any atom is -0.616 e. The van der Waals surface area contributed by atoms with Gasteiger partial charge >= 0.3 is 0 Å². The molecule has 1 rings (SSSR count). The van der Waals surface area contributed by atoms with Gasteiger partial charge in [0.25, 0.3) is 0 Å². The maximum Gasteiger partial charge on any atom is 0.109 e. The molecule has 1 fully saturated rings. The van der Waals surface area contributed by atoms with Crippen LogP contribution in [0.3, 0.4) is 0 Å². The van der Waals surface area contributed by atoms with E-state index in [4.69, 9.17) is 0 Å². The normalized spacial score (nSPS) is 25.5. The van der Waals surface area contributed by atoms with Crippen LogP contribution in [0.15, 0.2) is 0 Å². The van der Waals surface area contributed by atoms with E-state index in [1.54, 1.807) is 0 Å². The van der Waals surface area contributed by atoms with Crippen molar-refractivity contribution in [3.8, 4) is 0 Å². The van der Waals surface area contributed by atoms with Gasteiger partial charge in [0.05, 0.1) is 0 Å². The smallest absolute Gasteiger partial charge is 0.109 e. The second-order valence-electron chi connectivity index (χ2n) is 1.39. The Morgan fingerprint density at radius 3 is 2.67 bits per heavy atom. The third-order valence-corrected chi connectivity index (χ3v) is 2.15. The Labute approximate surface area is 40.9 Å². The van der Waals surface area contributed by atoms with Gasteiger partial charge in [-0.25, -0.2) is 0 Å². The highest BCUT2D eigenvalue weighted by Crippen LogP contribution is 2.07. The van der Waals surface area contributed by atoms with Gasteiger partial charge in [0.1, 0.15) is 11.5 Å². The van der Waals surface area contributed by atoms with Gasteiger partial charge in [-0.1, -0.05) is 11.2 Å². The molecular formula is C4H7OS. The molecule has 1 saturated heterocycles. The van der Waals surface area contributed by atoms with E-state index in [0.29, 0.717) is 0 Å². The molecule has 0 aromatic carbocycles. The summed E-state index contributed by atoms with van der Waals surface area (Å²) in [7, 11) is 0. The molecule has 0 amide bonds. The largest absolute Gasteiger partial charge is 0.616 e.